The molecule has 2 aliphatic rings. The van der Waals surface area contributed by atoms with Gasteiger partial charge in [-0.25, -0.2) is 9.37 Å². The lowest BCUT2D eigenvalue weighted by Gasteiger charge is -2.32. The fourth-order valence-electron chi connectivity index (χ4n) is 4.60. The summed E-state index contributed by atoms with van der Waals surface area (Å²) >= 11 is 1.46. The lowest BCUT2D eigenvalue weighted by molar-refractivity contribution is 0.0860. The molecule has 2 aromatic heterocycles. The molecule has 1 saturated carbocycles. The number of amides is 2. The molecule has 0 radical (unpaired) electrons. The highest BCUT2D eigenvalue weighted by Crippen LogP contribution is 2.26. The van der Waals surface area contributed by atoms with Crippen molar-refractivity contribution in [1.82, 2.24) is 25.5 Å². The Bertz CT molecular complexity index is 1180. The molecule has 176 valence electrons. The number of carbonyl (C=O) groups is 2. The number of likely N-dealkylation sites (N-methyl/N-ethyl adjacent to an activating group) is 1. The van der Waals surface area contributed by atoms with E-state index in [-0.39, 0.29) is 42.1 Å². The van der Waals surface area contributed by atoms with Crippen molar-refractivity contribution >= 4 is 46.5 Å². The molecule has 2 amide bonds. The van der Waals surface area contributed by atoms with E-state index in [9.17, 15) is 14.0 Å². The first kappa shape index (κ1) is 23.7. The van der Waals surface area contributed by atoms with E-state index in [0.29, 0.717) is 21.6 Å². The summed E-state index contributed by atoms with van der Waals surface area (Å²) in [5.74, 6) is -0.756. The van der Waals surface area contributed by atoms with Crippen molar-refractivity contribution in [3.8, 4) is 0 Å². The van der Waals surface area contributed by atoms with E-state index in [1.54, 1.807) is 12.1 Å². The molecule has 33 heavy (non-hydrogen) atoms. The zero-order valence-electron chi connectivity index (χ0n) is 18.3. The lowest BCUT2D eigenvalue weighted by atomic mass is 9.90. The maximum absolute atomic E-state index is 13.5. The standard InChI is InChI=1S/C23H26FN5O2S.ClH/c1-29-9-8-18-20(12-29)32-23(28-18)22(31)27-17-5-3-2-4-16(17)26-21(30)19-11-13-10-14(24)6-7-15(13)25-19;/h6-7,10-11,16-17,25H,2-5,8-9,12H2,1H3,(H,26,30)(H,27,31);1H/t16-,17+;/m0./s1. The van der Waals surface area contributed by atoms with Crippen LogP contribution in [0.5, 0.6) is 0 Å². The number of thiazole rings is 1. The molecule has 3 N–H and O–H groups in total. The van der Waals surface area contributed by atoms with E-state index in [1.807, 2.05) is 0 Å². The lowest BCUT2D eigenvalue weighted by Crippen LogP contribution is -2.53. The number of nitrogens with zero attached hydrogens (tertiary/aromatic N) is 2. The zero-order chi connectivity index (χ0) is 22.2. The van der Waals surface area contributed by atoms with Crippen LogP contribution in [-0.4, -0.2) is 52.4 Å². The number of halogens is 2. The monoisotopic (exact) mass is 491 g/mol. The normalized spacial score (nSPS) is 20.7. The number of aromatic amines is 1. The minimum absolute atomic E-state index is 0. The van der Waals surface area contributed by atoms with E-state index in [4.69, 9.17) is 0 Å². The SMILES string of the molecule is CN1CCc2nc(C(=O)N[C@@H]3CCCC[C@@H]3NC(=O)c3cc4cc(F)ccc4[nH]3)sc2C1.Cl. The van der Waals surface area contributed by atoms with Gasteiger partial charge in [-0.15, -0.1) is 23.7 Å². The summed E-state index contributed by atoms with van der Waals surface area (Å²) in [5.41, 5.74) is 2.13. The van der Waals surface area contributed by atoms with Crippen LogP contribution in [0.25, 0.3) is 10.9 Å². The van der Waals surface area contributed by atoms with Crippen molar-refractivity contribution in [1.29, 1.82) is 0 Å². The van der Waals surface area contributed by atoms with Gasteiger partial charge in [-0.3, -0.25) is 9.59 Å². The maximum atomic E-state index is 13.5. The van der Waals surface area contributed by atoms with Crippen molar-refractivity contribution in [2.45, 2.75) is 50.7 Å². The Balaban J connectivity index is 0.00000259. The van der Waals surface area contributed by atoms with E-state index in [1.165, 1.54) is 23.5 Å². The quantitative estimate of drug-likeness (QED) is 0.519. The highest BCUT2D eigenvalue weighted by molar-refractivity contribution is 7.13. The number of fused-ring (bicyclic) bond motifs is 2. The molecule has 7 nitrogen and oxygen atoms in total. The largest absolute Gasteiger partial charge is 0.351 e. The second kappa shape index (κ2) is 9.79. The number of hydrogen-bond acceptors (Lipinski definition) is 5. The summed E-state index contributed by atoms with van der Waals surface area (Å²) in [6, 6.07) is 5.73. The molecular formula is C23H27ClFN5O2S. The molecule has 5 rings (SSSR count). The third kappa shape index (κ3) is 5.05. The predicted molar refractivity (Wildman–Crippen MR) is 129 cm³/mol. The summed E-state index contributed by atoms with van der Waals surface area (Å²) in [6.45, 7) is 1.78. The van der Waals surface area contributed by atoms with Crippen molar-refractivity contribution in [3.05, 3.63) is 51.4 Å². The average molecular weight is 492 g/mol. The number of benzene rings is 1. The van der Waals surface area contributed by atoms with E-state index < -0.39 is 0 Å². The van der Waals surface area contributed by atoms with Gasteiger partial charge in [0.25, 0.3) is 11.8 Å². The molecular weight excluding hydrogens is 465 g/mol. The molecule has 0 unspecified atom stereocenters. The molecule has 0 spiro atoms. The Labute approximate surface area is 201 Å². The number of H-pyrrole nitrogens is 1. The fraction of sp³-hybridized carbons (Fsp3) is 0.435. The van der Waals surface area contributed by atoms with Gasteiger partial charge in [-0.1, -0.05) is 12.8 Å². The van der Waals surface area contributed by atoms with Crippen LogP contribution in [-0.2, 0) is 13.0 Å². The van der Waals surface area contributed by atoms with Crippen LogP contribution in [0.3, 0.4) is 0 Å². The molecule has 1 aliphatic heterocycles. The van der Waals surface area contributed by atoms with Gasteiger partial charge in [0.05, 0.1) is 5.69 Å². The molecule has 0 bridgehead atoms. The Morgan fingerprint density at radius 1 is 1.15 bits per heavy atom. The van der Waals surface area contributed by atoms with E-state index >= 15 is 0 Å². The fourth-order valence-corrected chi connectivity index (χ4v) is 5.69. The highest BCUT2D eigenvalue weighted by atomic mass is 35.5. The first-order valence-electron chi connectivity index (χ1n) is 11.0. The van der Waals surface area contributed by atoms with Crippen LogP contribution in [0.15, 0.2) is 24.3 Å². The van der Waals surface area contributed by atoms with E-state index in [2.05, 4.69) is 32.5 Å². The van der Waals surface area contributed by atoms with Gasteiger partial charge in [0.2, 0.25) is 0 Å². The molecule has 1 aliphatic carbocycles. The third-order valence-electron chi connectivity index (χ3n) is 6.34. The smallest absolute Gasteiger partial charge is 0.280 e. The van der Waals surface area contributed by atoms with Crippen LogP contribution in [0.1, 0.15) is 56.5 Å². The Morgan fingerprint density at radius 2 is 1.88 bits per heavy atom. The summed E-state index contributed by atoms with van der Waals surface area (Å²) in [6.07, 6.45) is 4.47. The maximum Gasteiger partial charge on any atom is 0.280 e. The van der Waals surface area contributed by atoms with Gasteiger partial charge in [0.15, 0.2) is 5.01 Å². The van der Waals surface area contributed by atoms with Gasteiger partial charge in [0, 0.05) is 47.4 Å². The highest BCUT2D eigenvalue weighted by Gasteiger charge is 2.30. The molecule has 1 fully saturated rings. The van der Waals surface area contributed by atoms with Gasteiger partial charge in [0.1, 0.15) is 11.5 Å². The van der Waals surface area contributed by atoms with Crippen LogP contribution >= 0.6 is 23.7 Å². The molecule has 0 saturated heterocycles. The van der Waals surface area contributed by atoms with Crippen LogP contribution in [0.4, 0.5) is 4.39 Å². The van der Waals surface area contributed by atoms with Crippen molar-refractivity contribution in [2.24, 2.45) is 0 Å². The van der Waals surface area contributed by atoms with Gasteiger partial charge in [-0.2, -0.15) is 0 Å². The zero-order valence-corrected chi connectivity index (χ0v) is 20.0. The summed E-state index contributed by atoms with van der Waals surface area (Å²) < 4.78 is 13.5. The molecule has 3 aromatic rings. The second-order valence-corrected chi connectivity index (χ2v) is 9.82. The number of hydrogen-bond donors (Lipinski definition) is 3. The summed E-state index contributed by atoms with van der Waals surface area (Å²) in [7, 11) is 2.07. The minimum atomic E-state index is -0.339. The third-order valence-corrected chi connectivity index (χ3v) is 7.42. The summed E-state index contributed by atoms with van der Waals surface area (Å²) in [4.78, 5) is 36.8. The average Bonchev–Trinajstić information content (AvgIpc) is 3.38. The van der Waals surface area contributed by atoms with Crippen molar-refractivity contribution < 1.29 is 14.0 Å². The number of aromatic nitrogens is 2. The first-order chi connectivity index (χ1) is 15.5. The minimum Gasteiger partial charge on any atom is -0.351 e. The Morgan fingerprint density at radius 3 is 2.64 bits per heavy atom. The van der Waals surface area contributed by atoms with Crippen LogP contribution < -0.4 is 10.6 Å². The van der Waals surface area contributed by atoms with Crippen LogP contribution in [0, 0.1) is 5.82 Å². The van der Waals surface area contributed by atoms with Crippen molar-refractivity contribution in [3.63, 3.8) is 0 Å². The van der Waals surface area contributed by atoms with Crippen LogP contribution in [0.2, 0.25) is 0 Å². The van der Waals surface area contributed by atoms with Gasteiger partial charge < -0.3 is 20.5 Å². The molecule has 2 atom stereocenters. The predicted octanol–water partition coefficient (Wildman–Crippen LogP) is 3.64. The second-order valence-electron chi connectivity index (χ2n) is 8.74. The Hall–Kier alpha value is -2.49. The molecule has 10 heteroatoms. The van der Waals surface area contributed by atoms with Crippen molar-refractivity contribution in [2.75, 3.05) is 13.6 Å². The van der Waals surface area contributed by atoms with Gasteiger partial charge >= 0.3 is 0 Å². The topological polar surface area (TPSA) is 90.1 Å². The first-order valence-corrected chi connectivity index (χ1v) is 11.8. The number of carbonyl (C=O) groups excluding carboxylic acids is 2. The summed E-state index contributed by atoms with van der Waals surface area (Å²) in [5, 5.41) is 7.34. The van der Waals surface area contributed by atoms with Gasteiger partial charge in [-0.05, 0) is 44.2 Å². The molecule has 1 aromatic carbocycles. The van der Waals surface area contributed by atoms with E-state index in [0.717, 1.165) is 55.8 Å². The molecule has 3 heterocycles. The number of nitrogens with one attached hydrogen (secondary N) is 3. The Kier molecular flexibility index (Phi) is 7.02. The number of rotatable bonds is 4.